The third-order valence-corrected chi connectivity index (χ3v) is 6.54. The zero-order valence-corrected chi connectivity index (χ0v) is 21.2. The summed E-state index contributed by atoms with van der Waals surface area (Å²) >= 11 is 0. The minimum Gasteiger partial charge on any atom is -0.283 e. The maximum Gasteiger partial charge on any atom is 0.294 e. The average molecular weight is 522 g/mol. The van der Waals surface area contributed by atoms with E-state index in [0.29, 0.717) is 16.7 Å². The van der Waals surface area contributed by atoms with Crippen molar-refractivity contribution in [3.63, 3.8) is 0 Å². The smallest absolute Gasteiger partial charge is 0.283 e. The lowest BCUT2D eigenvalue weighted by atomic mass is 9.99. The summed E-state index contributed by atoms with van der Waals surface area (Å²) in [6.07, 6.45) is 3.51. The highest BCUT2D eigenvalue weighted by atomic mass is 32.2. The van der Waals surface area contributed by atoms with Crippen LogP contribution in [0.4, 0.5) is 0 Å². The number of nitriles is 1. The summed E-state index contributed by atoms with van der Waals surface area (Å²) in [5.74, 6) is 0. The number of nitrogens with zero attached hydrogens (tertiary/aromatic N) is 3. The zero-order chi connectivity index (χ0) is 27.1. The normalized spacial score (nSPS) is 10.7. The summed E-state index contributed by atoms with van der Waals surface area (Å²) in [5, 5.41) is 9.47. The largest absolute Gasteiger partial charge is 0.294 e. The first kappa shape index (κ1) is 26.2. The summed E-state index contributed by atoms with van der Waals surface area (Å²) in [6, 6.07) is 32.2. The molecule has 3 aromatic carbocycles. The van der Waals surface area contributed by atoms with Crippen LogP contribution >= 0.6 is 0 Å². The van der Waals surface area contributed by atoms with Gasteiger partial charge in [0.05, 0.1) is 22.2 Å². The fraction of sp³-hybridized carbons (Fsp3) is 0.0333. The molecule has 7 nitrogen and oxygen atoms in total. The van der Waals surface area contributed by atoms with Gasteiger partial charge >= 0.3 is 0 Å². The maximum absolute atomic E-state index is 13.3. The molecule has 0 fully saturated rings. The lowest BCUT2D eigenvalue weighted by Crippen LogP contribution is -2.20. The van der Waals surface area contributed by atoms with Crippen LogP contribution in [0.25, 0.3) is 28.1 Å². The number of aromatic nitrogens is 2. The van der Waals surface area contributed by atoms with Crippen molar-refractivity contribution in [1.82, 2.24) is 9.55 Å². The van der Waals surface area contributed by atoms with Crippen LogP contribution in [0.5, 0.6) is 0 Å². The highest BCUT2D eigenvalue weighted by Gasteiger charge is 2.14. The SMILES string of the molecule is Cc1ccc(S(=O)(=O)O)cc1.N#Cc1ccccc1-c1cc(-c2ccccn2)cn(-c2ccccc2)c1=O. The second kappa shape index (κ2) is 11.5. The fourth-order valence-corrected chi connectivity index (χ4v) is 4.23. The summed E-state index contributed by atoms with van der Waals surface area (Å²) in [4.78, 5) is 17.6. The fourth-order valence-electron chi connectivity index (χ4n) is 3.75. The average Bonchev–Trinajstić information content (AvgIpc) is 2.94. The second-order valence-corrected chi connectivity index (χ2v) is 9.74. The third-order valence-electron chi connectivity index (χ3n) is 5.67. The van der Waals surface area contributed by atoms with E-state index in [0.717, 1.165) is 22.5 Å². The highest BCUT2D eigenvalue weighted by Crippen LogP contribution is 2.26. The van der Waals surface area contributed by atoms with Crippen molar-refractivity contribution in [2.75, 3.05) is 0 Å². The number of benzene rings is 3. The topological polar surface area (TPSA) is 113 Å². The van der Waals surface area contributed by atoms with Gasteiger partial charge in [0.25, 0.3) is 15.7 Å². The van der Waals surface area contributed by atoms with E-state index in [-0.39, 0.29) is 10.5 Å². The Kier molecular flexibility index (Phi) is 7.92. The van der Waals surface area contributed by atoms with E-state index in [9.17, 15) is 18.5 Å². The Hall–Kier alpha value is -4.84. The van der Waals surface area contributed by atoms with E-state index in [4.69, 9.17) is 4.55 Å². The molecule has 5 aromatic rings. The lowest BCUT2D eigenvalue weighted by molar-refractivity contribution is 0.483. The number of para-hydroxylation sites is 1. The van der Waals surface area contributed by atoms with Crippen molar-refractivity contribution >= 4 is 10.1 Å². The second-order valence-electron chi connectivity index (χ2n) is 8.31. The Morgan fingerprint density at radius 1 is 0.842 bits per heavy atom. The first-order chi connectivity index (χ1) is 18.3. The van der Waals surface area contributed by atoms with E-state index in [1.165, 1.54) is 12.1 Å². The first-order valence-corrected chi connectivity index (χ1v) is 13.0. The Labute approximate surface area is 220 Å². The van der Waals surface area contributed by atoms with Crippen molar-refractivity contribution in [3.05, 3.63) is 137 Å². The Balaban J connectivity index is 0.000000257. The number of hydrogen-bond acceptors (Lipinski definition) is 5. The number of rotatable bonds is 4. The van der Waals surface area contributed by atoms with Crippen LogP contribution in [0, 0.1) is 18.3 Å². The van der Waals surface area contributed by atoms with Crippen LogP contribution in [0.1, 0.15) is 11.1 Å². The number of aryl methyl sites for hydroxylation is 1. The lowest BCUT2D eigenvalue weighted by Gasteiger charge is -2.13. The van der Waals surface area contributed by atoms with Crippen LogP contribution in [-0.2, 0) is 10.1 Å². The molecule has 0 aliphatic carbocycles. The van der Waals surface area contributed by atoms with Crippen molar-refractivity contribution < 1.29 is 13.0 Å². The molecule has 0 atom stereocenters. The van der Waals surface area contributed by atoms with Gasteiger partial charge in [0.1, 0.15) is 0 Å². The van der Waals surface area contributed by atoms with Crippen LogP contribution in [0.2, 0.25) is 0 Å². The minimum absolute atomic E-state index is 0.0666. The van der Waals surface area contributed by atoms with Gasteiger partial charge in [-0.05, 0) is 55.5 Å². The highest BCUT2D eigenvalue weighted by molar-refractivity contribution is 7.85. The maximum atomic E-state index is 13.3. The van der Waals surface area contributed by atoms with Crippen LogP contribution < -0.4 is 5.56 Å². The van der Waals surface area contributed by atoms with Gasteiger partial charge in [-0.2, -0.15) is 13.7 Å². The van der Waals surface area contributed by atoms with Gasteiger partial charge in [-0.25, -0.2) is 0 Å². The predicted octanol–water partition coefficient (Wildman–Crippen LogP) is 5.68. The minimum atomic E-state index is -4.02. The molecule has 0 bridgehead atoms. The Morgan fingerprint density at radius 2 is 1.50 bits per heavy atom. The van der Waals surface area contributed by atoms with Crippen molar-refractivity contribution in [2.24, 2.45) is 0 Å². The van der Waals surface area contributed by atoms with Gasteiger partial charge in [0, 0.05) is 34.8 Å². The van der Waals surface area contributed by atoms with E-state index in [1.54, 1.807) is 53.4 Å². The van der Waals surface area contributed by atoms with Gasteiger partial charge in [-0.3, -0.25) is 18.9 Å². The van der Waals surface area contributed by atoms with E-state index in [2.05, 4.69) is 11.1 Å². The first-order valence-electron chi connectivity index (χ1n) is 11.5. The third kappa shape index (κ3) is 6.10. The molecule has 5 rings (SSSR count). The van der Waals surface area contributed by atoms with Crippen LogP contribution in [-0.4, -0.2) is 22.5 Å². The van der Waals surface area contributed by atoms with Crippen LogP contribution in [0.3, 0.4) is 0 Å². The van der Waals surface area contributed by atoms with Gasteiger partial charge in [-0.1, -0.05) is 60.2 Å². The molecular weight excluding hydrogens is 498 g/mol. The molecule has 0 saturated heterocycles. The van der Waals surface area contributed by atoms with Gasteiger partial charge in [0.2, 0.25) is 0 Å². The molecular formula is C30H23N3O4S. The number of pyridine rings is 2. The van der Waals surface area contributed by atoms with Crippen LogP contribution in [0.15, 0.2) is 125 Å². The molecule has 0 radical (unpaired) electrons. The molecule has 38 heavy (non-hydrogen) atoms. The number of hydrogen-bond donors (Lipinski definition) is 1. The summed E-state index contributed by atoms with van der Waals surface area (Å²) in [6.45, 7) is 1.84. The quantitative estimate of drug-likeness (QED) is 0.305. The monoisotopic (exact) mass is 521 g/mol. The molecule has 1 N–H and O–H groups in total. The molecule has 0 amide bonds. The van der Waals surface area contributed by atoms with E-state index < -0.39 is 10.1 Å². The molecule has 188 valence electrons. The van der Waals surface area contributed by atoms with Gasteiger partial charge in [-0.15, -0.1) is 0 Å². The standard InChI is InChI=1S/C23H15N3O.C7H8O3S/c24-15-17-8-4-5-11-20(17)21-14-18(22-12-6-7-13-25-22)16-26(23(21)27)19-9-2-1-3-10-19;1-6-2-4-7(5-3-6)11(8,9)10/h1-14,16H;2-5H,1H3,(H,8,9,10). The van der Waals surface area contributed by atoms with Gasteiger partial charge < -0.3 is 0 Å². The van der Waals surface area contributed by atoms with E-state index in [1.807, 2.05) is 61.5 Å². The van der Waals surface area contributed by atoms with Crippen molar-refractivity contribution in [1.29, 1.82) is 5.26 Å². The zero-order valence-electron chi connectivity index (χ0n) is 20.4. The van der Waals surface area contributed by atoms with Crippen molar-refractivity contribution in [3.8, 4) is 34.1 Å². The van der Waals surface area contributed by atoms with Crippen molar-refractivity contribution in [2.45, 2.75) is 11.8 Å². The Bertz CT molecular complexity index is 1760. The Morgan fingerprint density at radius 3 is 2.13 bits per heavy atom. The molecule has 0 aliphatic rings. The predicted molar refractivity (Wildman–Crippen MR) is 146 cm³/mol. The molecule has 2 aromatic heterocycles. The molecule has 0 saturated carbocycles. The van der Waals surface area contributed by atoms with Gasteiger partial charge in [0.15, 0.2) is 0 Å². The molecule has 2 heterocycles. The molecule has 8 heteroatoms. The molecule has 0 spiro atoms. The molecule has 0 unspecified atom stereocenters. The molecule has 0 aliphatic heterocycles. The summed E-state index contributed by atoms with van der Waals surface area (Å²) in [5.41, 5.74) is 4.66. The van der Waals surface area contributed by atoms with E-state index >= 15 is 0 Å². The summed E-state index contributed by atoms with van der Waals surface area (Å²) < 4.78 is 31.2. The summed E-state index contributed by atoms with van der Waals surface area (Å²) in [7, 11) is -4.02.